The minimum absolute atomic E-state index is 0.142. The van der Waals surface area contributed by atoms with E-state index in [4.69, 9.17) is 52.1 Å². The first-order valence-electron chi connectivity index (χ1n) is 12.2. The molecule has 2 aromatic rings. The first kappa shape index (κ1) is 28.6. The molecule has 4 rings (SSSR count). The second-order valence-corrected chi connectivity index (χ2v) is 10.9. The zero-order chi connectivity index (χ0) is 27.4. The third kappa shape index (κ3) is 6.76. The number of anilines is 2. The van der Waals surface area contributed by atoms with Gasteiger partial charge in [0, 0.05) is 24.5 Å². The largest absolute Gasteiger partial charge is 0.334 e. The van der Waals surface area contributed by atoms with Gasteiger partial charge in [-0.15, -0.1) is 0 Å². The minimum Gasteiger partial charge on any atom is -0.334 e. The van der Waals surface area contributed by atoms with Crippen molar-refractivity contribution in [3.8, 4) is 0 Å². The van der Waals surface area contributed by atoms with Crippen LogP contribution in [-0.4, -0.2) is 65.5 Å². The van der Waals surface area contributed by atoms with Gasteiger partial charge in [0.15, 0.2) is 0 Å². The quantitative estimate of drug-likeness (QED) is 0.316. The summed E-state index contributed by atoms with van der Waals surface area (Å²) in [7, 11) is 0. The number of hydrogen-bond donors (Lipinski definition) is 4. The van der Waals surface area contributed by atoms with Crippen LogP contribution in [0.1, 0.15) is 25.7 Å². The summed E-state index contributed by atoms with van der Waals surface area (Å²) in [6, 6.07) is 7.63. The van der Waals surface area contributed by atoms with Crippen molar-refractivity contribution < 1.29 is 14.4 Å². The van der Waals surface area contributed by atoms with Gasteiger partial charge >= 0.3 is 12.1 Å². The van der Waals surface area contributed by atoms with E-state index in [2.05, 4.69) is 16.0 Å². The molecule has 0 aliphatic carbocycles. The third-order valence-corrected chi connectivity index (χ3v) is 8.12. The molecule has 2 aliphatic rings. The van der Waals surface area contributed by atoms with Crippen molar-refractivity contribution in [2.24, 2.45) is 5.73 Å². The van der Waals surface area contributed by atoms with Crippen LogP contribution in [-0.2, 0) is 4.79 Å². The Balaban J connectivity index is 1.43. The van der Waals surface area contributed by atoms with Crippen molar-refractivity contribution in [2.75, 3.05) is 30.3 Å². The van der Waals surface area contributed by atoms with E-state index in [1.807, 2.05) is 0 Å². The Kier molecular flexibility index (Phi) is 9.49. The van der Waals surface area contributed by atoms with Crippen LogP contribution in [0, 0.1) is 0 Å². The number of nitrogens with two attached hydrogens (primary N) is 1. The fourth-order valence-electron chi connectivity index (χ4n) is 4.82. The summed E-state index contributed by atoms with van der Waals surface area (Å²) in [4.78, 5) is 42.8. The molecule has 0 radical (unpaired) electrons. The van der Waals surface area contributed by atoms with Gasteiger partial charge in [-0.25, -0.2) is 9.59 Å². The standard InChI is InChI=1S/C25H28Cl4N6O3/c26-18-6-4-14(10-20(18)28)31-24(37)32-16-9-17-13-35(22(3-1-2-8-30)23(36)34(17)12-16)25(38)33-15-5-7-19(27)21(29)11-15/h4-7,10-11,16-17,22H,1-3,8-9,12-13,30H2,(H,33,38)(H2,31,32,37)/t16-,17-,22+/m0/s1. The van der Waals surface area contributed by atoms with Crippen LogP contribution in [0.3, 0.4) is 0 Å². The van der Waals surface area contributed by atoms with Gasteiger partial charge in [-0.3, -0.25) is 4.79 Å². The molecule has 2 aliphatic heterocycles. The summed E-state index contributed by atoms with van der Waals surface area (Å²) < 4.78 is 0. The summed E-state index contributed by atoms with van der Waals surface area (Å²) >= 11 is 24.0. The van der Waals surface area contributed by atoms with E-state index in [1.54, 1.807) is 46.2 Å². The molecule has 0 saturated carbocycles. The second-order valence-electron chi connectivity index (χ2n) is 9.32. The predicted octanol–water partition coefficient (Wildman–Crippen LogP) is 5.44. The number of nitrogens with zero attached hydrogens (tertiary/aromatic N) is 2. The molecule has 5 N–H and O–H groups in total. The first-order chi connectivity index (χ1) is 18.2. The fraction of sp³-hybridized carbons (Fsp3) is 0.400. The maximum Gasteiger partial charge on any atom is 0.322 e. The van der Waals surface area contributed by atoms with E-state index < -0.39 is 18.1 Å². The highest BCUT2D eigenvalue weighted by Gasteiger charge is 2.47. The monoisotopic (exact) mass is 600 g/mol. The maximum absolute atomic E-state index is 13.5. The number of hydrogen-bond acceptors (Lipinski definition) is 4. The molecule has 0 spiro atoms. The Hall–Kier alpha value is -2.43. The van der Waals surface area contributed by atoms with Crippen LogP contribution in [0.15, 0.2) is 36.4 Å². The van der Waals surface area contributed by atoms with Crippen molar-refractivity contribution in [2.45, 2.75) is 43.8 Å². The van der Waals surface area contributed by atoms with Crippen molar-refractivity contribution in [3.63, 3.8) is 0 Å². The highest BCUT2D eigenvalue weighted by atomic mass is 35.5. The SMILES string of the molecule is NCCCC[C@@H]1C(=O)N2C[C@@H](NC(=O)Nc3ccc(Cl)c(Cl)c3)C[C@H]2CN1C(=O)Nc1ccc(Cl)c(Cl)c1. The Labute approximate surface area is 240 Å². The molecule has 3 atom stereocenters. The molecule has 2 heterocycles. The number of halogens is 4. The summed E-state index contributed by atoms with van der Waals surface area (Å²) in [5, 5.41) is 9.88. The number of unbranched alkanes of at least 4 members (excludes halogenated alkanes) is 1. The average Bonchev–Trinajstić information content (AvgIpc) is 3.27. The lowest BCUT2D eigenvalue weighted by molar-refractivity contribution is -0.141. The average molecular weight is 602 g/mol. The van der Waals surface area contributed by atoms with Crippen molar-refractivity contribution >= 4 is 75.7 Å². The summed E-state index contributed by atoms with van der Waals surface area (Å²) in [6.07, 6.45) is 2.45. The molecule has 2 aromatic carbocycles. The number of benzene rings is 2. The van der Waals surface area contributed by atoms with Gasteiger partial charge in [0.1, 0.15) is 6.04 Å². The highest BCUT2D eigenvalue weighted by molar-refractivity contribution is 6.42. The lowest BCUT2D eigenvalue weighted by Crippen LogP contribution is -2.62. The van der Waals surface area contributed by atoms with E-state index in [9.17, 15) is 14.4 Å². The Morgan fingerprint density at radius 1 is 0.895 bits per heavy atom. The number of nitrogens with one attached hydrogen (secondary N) is 3. The van der Waals surface area contributed by atoms with Crippen LogP contribution < -0.4 is 21.7 Å². The zero-order valence-electron chi connectivity index (χ0n) is 20.4. The smallest absolute Gasteiger partial charge is 0.322 e. The molecule has 0 unspecified atom stereocenters. The Morgan fingerprint density at radius 3 is 2.13 bits per heavy atom. The van der Waals surface area contributed by atoms with Crippen LogP contribution in [0.2, 0.25) is 20.1 Å². The number of piperazine rings is 1. The van der Waals surface area contributed by atoms with Gasteiger partial charge < -0.3 is 31.5 Å². The fourth-order valence-corrected chi connectivity index (χ4v) is 5.42. The zero-order valence-corrected chi connectivity index (χ0v) is 23.4. The molecular formula is C25H28Cl4N6O3. The van der Waals surface area contributed by atoms with Crippen LogP contribution in [0.25, 0.3) is 0 Å². The predicted molar refractivity (Wildman–Crippen MR) is 151 cm³/mol. The van der Waals surface area contributed by atoms with Crippen LogP contribution in [0.4, 0.5) is 21.0 Å². The van der Waals surface area contributed by atoms with Gasteiger partial charge in [-0.1, -0.05) is 46.4 Å². The number of urea groups is 2. The van der Waals surface area contributed by atoms with Crippen molar-refractivity contribution in [1.29, 1.82) is 0 Å². The van der Waals surface area contributed by atoms with Gasteiger partial charge in [0.2, 0.25) is 5.91 Å². The minimum atomic E-state index is -0.635. The second kappa shape index (κ2) is 12.6. The molecule has 5 amide bonds. The summed E-state index contributed by atoms with van der Waals surface area (Å²) in [5.74, 6) is -0.142. The summed E-state index contributed by atoms with van der Waals surface area (Å²) in [6.45, 7) is 1.19. The number of fused-ring (bicyclic) bond motifs is 1. The Morgan fingerprint density at radius 2 is 1.53 bits per heavy atom. The third-order valence-electron chi connectivity index (χ3n) is 6.64. The van der Waals surface area contributed by atoms with E-state index in [1.165, 1.54) is 0 Å². The van der Waals surface area contributed by atoms with E-state index in [0.29, 0.717) is 70.4 Å². The molecule has 38 heavy (non-hydrogen) atoms. The van der Waals surface area contributed by atoms with Gasteiger partial charge in [0.25, 0.3) is 0 Å². The molecule has 9 nitrogen and oxygen atoms in total. The van der Waals surface area contributed by atoms with Gasteiger partial charge in [-0.05, 0) is 68.6 Å². The molecular weight excluding hydrogens is 574 g/mol. The topological polar surface area (TPSA) is 120 Å². The lowest BCUT2D eigenvalue weighted by atomic mass is 10.0. The van der Waals surface area contributed by atoms with E-state index in [-0.39, 0.29) is 18.0 Å². The Bertz CT molecular complexity index is 1220. The molecule has 13 heteroatoms. The highest BCUT2D eigenvalue weighted by Crippen LogP contribution is 2.30. The lowest BCUT2D eigenvalue weighted by Gasteiger charge is -2.42. The van der Waals surface area contributed by atoms with Crippen molar-refractivity contribution in [1.82, 2.24) is 15.1 Å². The van der Waals surface area contributed by atoms with Crippen molar-refractivity contribution in [3.05, 3.63) is 56.5 Å². The molecule has 2 saturated heterocycles. The number of rotatable bonds is 7. The summed E-state index contributed by atoms with van der Waals surface area (Å²) in [5.41, 5.74) is 6.62. The molecule has 2 fully saturated rings. The number of carbonyl (C=O) groups excluding carboxylic acids is 3. The van der Waals surface area contributed by atoms with Crippen LogP contribution in [0.5, 0.6) is 0 Å². The first-order valence-corrected chi connectivity index (χ1v) is 13.7. The van der Waals surface area contributed by atoms with E-state index >= 15 is 0 Å². The normalized spacial score (nSPS) is 20.8. The number of carbonyl (C=O) groups is 3. The van der Waals surface area contributed by atoms with Crippen LogP contribution >= 0.6 is 46.4 Å². The number of amides is 5. The van der Waals surface area contributed by atoms with Gasteiger partial charge in [0.05, 0.1) is 32.2 Å². The molecule has 204 valence electrons. The molecule has 0 aromatic heterocycles. The molecule has 0 bridgehead atoms. The maximum atomic E-state index is 13.5. The van der Waals surface area contributed by atoms with Gasteiger partial charge in [-0.2, -0.15) is 0 Å². The van der Waals surface area contributed by atoms with E-state index in [0.717, 1.165) is 6.42 Å².